The van der Waals surface area contributed by atoms with E-state index in [4.69, 9.17) is 0 Å². The first kappa shape index (κ1) is 17.5. The van der Waals surface area contributed by atoms with E-state index in [0.717, 1.165) is 22.9 Å². The number of nitrogens with one attached hydrogen (secondary N) is 2. The van der Waals surface area contributed by atoms with Crippen molar-refractivity contribution in [2.24, 2.45) is 0 Å². The predicted octanol–water partition coefficient (Wildman–Crippen LogP) is 2.40. The first-order chi connectivity index (χ1) is 10.9. The molecule has 0 aliphatic carbocycles. The Labute approximate surface area is 137 Å². The second-order valence-electron chi connectivity index (χ2n) is 5.53. The zero-order valence-corrected chi connectivity index (χ0v) is 14.1. The van der Waals surface area contributed by atoms with Crippen LogP contribution in [0.4, 0.5) is 5.69 Å². The maximum Gasteiger partial charge on any atom is 0.229 e. The van der Waals surface area contributed by atoms with Crippen molar-refractivity contribution >= 4 is 15.7 Å². The maximum absolute atomic E-state index is 11.2. The van der Waals surface area contributed by atoms with E-state index in [9.17, 15) is 13.5 Å². The van der Waals surface area contributed by atoms with Gasteiger partial charge in [0.1, 0.15) is 0 Å². The fraction of sp³-hybridized carbons (Fsp3) is 0.294. The summed E-state index contributed by atoms with van der Waals surface area (Å²) in [4.78, 5) is 0. The van der Waals surface area contributed by atoms with Crippen LogP contribution < -0.4 is 10.0 Å². The second kappa shape index (κ2) is 7.59. The largest absolute Gasteiger partial charge is 0.392 e. The normalized spacial score (nSPS) is 12.8. The molecule has 0 saturated carbocycles. The molecule has 0 bridgehead atoms. The van der Waals surface area contributed by atoms with Crippen molar-refractivity contribution in [3.8, 4) is 0 Å². The summed E-state index contributed by atoms with van der Waals surface area (Å²) < 4.78 is 24.8. The molecule has 0 aliphatic rings. The third-order valence-electron chi connectivity index (χ3n) is 3.60. The lowest BCUT2D eigenvalue weighted by molar-refractivity contribution is 0.280. The molecule has 2 aromatic carbocycles. The van der Waals surface area contributed by atoms with Gasteiger partial charge < -0.3 is 10.4 Å². The highest BCUT2D eigenvalue weighted by Gasteiger charge is 2.08. The molecule has 2 aromatic rings. The van der Waals surface area contributed by atoms with E-state index < -0.39 is 10.0 Å². The molecular formula is C17H22N2O3S. The van der Waals surface area contributed by atoms with Crippen molar-refractivity contribution in [1.29, 1.82) is 0 Å². The molecule has 0 spiro atoms. The van der Waals surface area contributed by atoms with Crippen LogP contribution in [0.5, 0.6) is 0 Å². The van der Waals surface area contributed by atoms with Crippen molar-refractivity contribution in [2.75, 3.05) is 11.0 Å². The third kappa shape index (κ3) is 5.35. The van der Waals surface area contributed by atoms with Crippen molar-refractivity contribution < 1.29 is 13.5 Å². The van der Waals surface area contributed by atoms with Crippen LogP contribution >= 0.6 is 0 Å². The maximum atomic E-state index is 11.2. The lowest BCUT2D eigenvalue weighted by atomic mass is 10.1. The first-order valence-corrected chi connectivity index (χ1v) is 9.27. The Kier molecular flexibility index (Phi) is 5.76. The summed E-state index contributed by atoms with van der Waals surface area (Å²) in [5.74, 6) is 0. The second-order valence-corrected chi connectivity index (χ2v) is 7.27. The van der Waals surface area contributed by atoms with Gasteiger partial charge >= 0.3 is 0 Å². The van der Waals surface area contributed by atoms with Crippen LogP contribution in [0.25, 0.3) is 0 Å². The van der Waals surface area contributed by atoms with Crippen LogP contribution in [0, 0.1) is 0 Å². The number of aliphatic hydroxyl groups excluding tert-OH is 1. The molecule has 0 aromatic heterocycles. The van der Waals surface area contributed by atoms with E-state index >= 15 is 0 Å². The molecule has 1 atom stereocenters. The summed E-state index contributed by atoms with van der Waals surface area (Å²) in [6.45, 7) is 2.72. The molecular weight excluding hydrogens is 312 g/mol. The average Bonchev–Trinajstić information content (AvgIpc) is 2.52. The SMILES string of the molecule is CC(NCc1ccccc1CO)c1ccc(NS(C)(=O)=O)cc1. The van der Waals surface area contributed by atoms with Gasteiger partial charge in [-0.05, 0) is 35.7 Å². The average molecular weight is 334 g/mol. The van der Waals surface area contributed by atoms with Crippen molar-refractivity contribution in [3.05, 3.63) is 65.2 Å². The molecule has 1 unspecified atom stereocenters. The number of anilines is 1. The molecule has 0 aliphatic heterocycles. The molecule has 0 fully saturated rings. The van der Waals surface area contributed by atoms with Crippen LogP contribution in [0.3, 0.4) is 0 Å². The highest BCUT2D eigenvalue weighted by atomic mass is 32.2. The van der Waals surface area contributed by atoms with Crippen LogP contribution in [-0.2, 0) is 23.2 Å². The number of hydrogen-bond acceptors (Lipinski definition) is 4. The molecule has 6 heteroatoms. The molecule has 124 valence electrons. The molecule has 5 nitrogen and oxygen atoms in total. The Hall–Kier alpha value is -1.89. The lowest BCUT2D eigenvalue weighted by Gasteiger charge is -2.16. The van der Waals surface area contributed by atoms with Crippen molar-refractivity contribution in [1.82, 2.24) is 5.32 Å². The topological polar surface area (TPSA) is 78.4 Å². The van der Waals surface area contributed by atoms with E-state index in [1.54, 1.807) is 12.1 Å². The summed E-state index contributed by atoms with van der Waals surface area (Å²) in [6.07, 6.45) is 1.13. The Bertz CT molecular complexity index is 743. The molecule has 0 saturated heterocycles. The number of sulfonamides is 1. The van der Waals surface area contributed by atoms with Crippen LogP contribution in [0.1, 0.15) is 29.7 Å². The smallest absolute Gasteiger partial charge is 0.229 e. The zero-order chi connectivity index (χ0) is 16.9. The van der Waals surface area contributed by atoms with E-state index in [-0.39, 0.29) is 12.6 Å². The molecule has 0 amide bonds. The van der Waals surface area contributed by atoms with Gasteiger partial charge in [0.05, 0.1) is 12.9 Å². The summed E-state index contributed by atoms with van der Waals surface area (Å²) in [5, 5.41) is 12.7. The van der Waals surface area contributed by atoms with E-state index in [1.807, 2.05) is 43.3 Å². The van der Waals surface area contributed by atoms with E-state index in [2.05, 4.69) is 10.0 Å². The van der Waals surface area contributed by atoms with Gasteiger partial charge in [-0.3, -0.25) is 4.72 Å². The Balaban J connectivity index is 1.99. The Morgan fingerprint density at radius 1 is 1.04 bits per heavy atom. The molecule has 0 radical (unpaired) electrons. The van der Waals surface area contributed by atoms with Crippen LogP contribution in [-0.4, -0.2) is 19.8 Å². The minimum absolute atomic E-state index is 0.0259. The Morgan fingerprint density at radius 3 is 2.22 bits per heavy atom. The van der Waals surface area contributed by atoms with Gasteiger partial charge in [0.2, 0.25) is 10.0 Å². The van der Waals surface area contributed by atoms with Gasteiger partial charge in [0.25, 0.3) is 0 Å². The number of benzene rings is 2. The first-order valence-electron chi connectivity index (χ1n) is 7.38. The number of aliphatic hydroxyl groups is 1. The van der Waals surface area contributed by atoms with E-state index in [1.165, 1.54) is 0 Å². The van der Waals surface area contributed by atoms with Gasteiger partial charge in [-0.25, -0.2) is 8.42 Å². The zero-order valence-electron chi connectivity index (χ0n) is 13.3. The summed E-state index contributed by atoms with van der Waals surface area (Å²) in [7, 11) is -3.25. The van der Waals surface area contributed by atoms with Gasteiger partial charge in [0, 0.05) is 18.3 Å². The standard InChI is InChI=1S/C17H22N2O3S/c1-13(18-11-15-5-3-4-6-16(15)12-20)14-7-9-17(10-8-14)19-23(2,21)22/h3-10,13,18-20H,11-12H2,1-2H3. The lowest BCUT2D eigenvalue weighted by Crippen LogP contribution is -2.19. The molecule has 3 N–H and O–H groups in total. The molecule has 2 rings (SSSR count). The molecule has 0 heterocycles. The summed E-state index contributed by atoms with van der Waals surface area (Å²) in [6, 6.07) is 15.1. The highest BCUT2D eigenvalue weighted by Crippen LogP contribution is 2.18. The highest BCUT2D eigenvalue weighted by molar-refractivity contribution is 7.92. The quantitative estimate of drug-likeness (QED) is 0.726. The number of rotatable bonds is 7. The van der Waals surface area contributed by atoms with Gasteiger partial charge in [-0.2, -0.15) is 0 Å². The van der Waals surface area contributed by atoms with Crippen LogP contribution in [0.2, 0.25) is 0 Å². The molecule has 23 heavy (non-hydrogen) atoms. The summed E-state index contributed by atoms with van der Waals surface area (Å²) >= 11 is 0. The van der Waals surface area contributed by atoms with Gasteiger partial charge in [-0.15, -0.1) is 0 Å². The minimum Gasteiger partial charge on any atom is -0.392 e. The Morgan fingerprint density at radius 2 is 1.65 bits per heavy atom. The minimum atomic E-state index is -3.25. The number of hydrogen-bond donors (Lipinski definition) is 3. The fourth-order valence-corrected chi connectivity index (χ4v) is 2.88. The third-order valence-corrected chi connectivity index (χ3v) is 4.21. The van der Waals surface area contributed by atoms with Gasteiger partial charge in [0.15, 0.2) is 0 Å². The summed E-state index contributed by atoms with van der Waals surface area (Å²) in [5.41, 5.74) is 3.59. The monoisotopic (exact) mass is 334 g/mol. The predicted molar refractivity (Wildman–Crippen MR) is 92.5 cm³/mol. The van der Waals surface area contributed by atoms with Crippen molar-refractivity contribution in [2.45, 2.75) is 26.1 Å². The van der Waals surface area contributed by atoms with Crippen molar-refractivity contribution in [3.63, 3.8) is 0 Å². The van der Waals surface area contributed by atoms with Gasteiger partial charge in [-0.1, -0.05) is 36.4 Å². The van der Waals surface area contributed by atoms with Crippen LogP contribution in [0.15, 0.2) is 48.5 Å². The van der Waals surface area contributed by atoms with E-state index in [0.29, 0.717) is 12.2 Å². The fourth-order valence-electron chi connectivity index (χ4n) is 2.32.